The van der Waals surface area contributed by atoms with Crippen LogP contribution < -0.4 is 5.73 Å². The van der Waals surface area contributed by atoms with Crippen LogP contribution in [-0.4, -0.2) is 25.6 Å². The Hall–Kier alpha value is -2.21. The SMILES string of the molecule is C[C@@H]1C(=O)N(Cc2ccccc2)Cc2nnc(CN)n21. The van der Waals surface area contributed by atoms with Gasteiger partial charge in [0.25, 0.3) is 0 Å². The van der Waals surface area contributed by atoms with Gasteiger partial charge in [0.05, 0.1) is 13.1 Å². The van der Waals surface area contributed by atoms with Gasteiger partial charge in [-0.3, -0.25) is 9.36 Å². The molecule has 0 spiro atoms. The van der Waals surface area contributed by atoms with Crippen molar-refractivity contribution in [2.24, 2.45) is 5.73 Å². The monoisotopic (exact) mass is 271 g/mol. The summed E-state index contributed by atoms with van der Waals surface area (Å²) in [6, 6.07) is 9.65. The summed E-state index contributed by atoms with van der Waals surface area (Å²) in [5, 5.41) is 8.20. The summed E-state index contributed by atoms with van der Waals surface area (Å²) in [5.74, 6) is 1.55. The molecular weight excluding hydrogens is 254 g/mol. The van der Waals surface area contributed by atoms with Crippen molar-refractivity contribution >= 4 is 5.91 Å². The summed E-state index contributed by atoms with van der Waals surface area (Å²) in [6.45, 7) is 3.23. The number of amides is 1. The van der Waals surface area contributed by atoms with Crippen LogP contribution in [0.15, 0.2) is 30.3 Å². The van der Waals surface area contributed by atoms with Crippen molar-refractivity contribution in [1.29, 1.82) is 0 Å². The van der Waals surface area contributed by atoms with E-state index in [9.17, 15) is 4.79 Å². The predicted octanol–water partition coefficient (Wildman–Crippen LogP) is 0.840. The lowest BCUT2D eigenvalue weighted by Crippen LogP contribution is -2.41. The maximum Gasteiger partial charge on any atom is 0.246 e. The van der Waals surface area contributed by atoms with Gasteiger partial charge in [-0.05, 0) is 12.5 Å². The van der Waals surface area contributed by atoms with Crippen molar-refractivity contribution < 1.29 is 4.79 Å². The van der Waals surface area contributed by atoms with E-state index in [1.54, 1.807) is 0 Å². The summed E-state index contributed by atoms with van der Waals surface area (Å²) in [5.41, 5.74) is 6.75. The number of nitrogens with zero attached hydrogens (tertiary/aromatic N) is 4. The van der Waals surface area contributed by atoms with Crippen LogP contribution in [0.4, 0.5) is 0 Å². The van der Waals surface area contributed by atoms with Crippen LogP contribution in [0.25, 0.3) is 0 Å². The number of aromatic nitrogens is 3. The Bertz CT molecular complexity index is 622. The minimum atomic E-state index is -0.295. The van der Waals surface area contributed by atoms with Crippen molar-refractivity contribution in [3.8, 4) is 0 Å². The van der Waals surface area contributed by atoms with Gasteiger partial charge < -0.3 is 10.6 Å². The van der Waals surface area contributed by atoms with Crippen LogP contribution >= 0.6 is 0 Å². The van der Waals surface area contributed by atoms with Gasteiger partial charge in [-0.15, -0.1) is 10.2 Å². The van der Waals surface area contributed by atoms with Gasteiger partial charge in [0, 0.05) is 6.54 Å². The first-order valence-corrected chi connectivity index (χ1v) is 6.66. The third-order valence-electron chi connectivity index (χ3n) is 3.62. The Balaban J connectivity index is 1.87. The average Bonchev–Trinajstić information content (AvgIpc) is 2.88. The minimum absolute atomic E-state index is 0.0795. The molecule has 1 aromatic carbocycles. The highest BCUT2D eigenvalue weighted by molar-refractivity contribution is 5.81. The predicted molar refractivity (Wildman–Crippen MR) is 73.3 cm³/mol. The van der Waals surface area contributed by atoms with Crippen molar-refractivity contribution in [3.63, 3.8) is 0 Å². The third-order valence-corrected chi connectivity index (χ3v) is 3.62. The Morgan fingerprint density at radius 1 is 1.30 bits per heavy atom. The van der Waals surface area contributed by atoms with E-state index < -0.39 is 0 Å². The number of nitrogens with two attached hydrogens (primary N) is 1. The van der Waals surface area contributed by atoms with Gasteiger partial charge in [0.15, 0.2) is 5.82 Å². The maximum absolute atomic E-state index is 12.5. The fourth-order valence-electron chi connectivity index (χ4n) is 2.62. The molecule has 104 valence electrons. The van der Waals surface area contributed by atoms with E-state index >= 15 is 0 Å². The lowest BCUT2D eigenvalue weighted by atomic mass is 10.1. The van der Waals surface area contributed by atoms with Crippen molar-refractivity contribution in [3.05, 3.63) is 47.5 Å². The summed E-state index contributed by atoms with van der Waals surface area (Å²) in [6.07, 6.45) is 0. The molecule has 0 bridgehead atoms. The van der Waals surface area contributed by atoms with Gasteiger partial charge in [0.1, 0.15) is 11.9 Å². The molecule has 1 amide bonds. The van der Waals surface area contributed by atoms with Gasteiger partial charge in [-0.25, -0.2) is 0 Å². The van der Waals surface area contributed by atoms with E-state index in [4.69, 9.17) is 5.73 Å². The quantitative estimate of drug-likeness (QED) is 0.897. The molecule has 1 aliphatic heterocycles. The normalized spacial score (nSPS) is 18.2. The Labute approximate surface area is 117 Å². The molecule has 0 aliphatic carbocycles. The summed E-state index contributed by atoms with van der Waals surface area (Å²) >= 11 is 0. The molecule has 2 heterocycles. The zero-order valence-corrected chi connectivity index (χ0v) is 11.4. The highest BCUT2D eigenvalue weighted by Crippen LogP contribution is 2.24. The molecule has 0 saturated heterocycles. The van der Waals surface area contributed by atoms with Gasteiger partial charge in [-0.2, -0.15) is 0 Å². The highest BCUT2D eigenvalue weighted by atomic mass is 16.2. The molecule has 0 unspecified atom stereocenters. The first-order chi connectivity index (χ1) is 9.70. The smallest absolute Gasteiger partial charge is 0.246 e. The van der Waals surface area contributed by atoms with Crippen LogP contribution in [0.1, 0.15) is 30.2 Å². The molecule has 0 fully saturated rings. The summed E-state index contributed by atoms with van der Waals surface area (Å²) in [4.78, 5) is 14.3. The van der Waals surface area contributed by atoms with Gasteiger partial charge in [0.2, 0.25) is 5.91 Å². The average molecular weight is 271 g/mol. The van der Waals surface area contributed by atoms with E-state index in [0.717, 1.165) is 11.4 Å². The molecule has 1 aromatic heterocycles. The molecule has 3 rings (SSSR count). The number of fused-ring (bicyclic) bond motifs is 1. The van der Waals surface area contributed by atoms with Crippen molar-refractivity contribution in [2.45, 2.75) is 32.6 Å². The zero-order chi connectivity index (χ0) is 14.1. The lowest BCUT2D eigenvalue weighted by Gasteiger charge is -2.32. The number of carbonyl (C=O) groups excluding carboxylic acids is 1. The number of hydrogen-bond acceptors (Lipinski definition) is 4. The van der Waals surface area contributed by atoms with Gasteiger partial charge in [-0.1, -0.05) is 30.3 Å². The van der Waals surface area contributed by atoms with E-state index in [1.165, 1.54) is 0 Å². The summed E-state index contributed by atoms with van der Waals surface area (Å²) < 4.78 is 1.85. The molecule has 6 heteroatoms. The number of rotatable bonds is 3. The number of benzene rings is 1. The molecular formula is C14H17N5O. The molecule has 0 radical (unpaired) electrons. The van der Waals surface area contributed by atoms with Crippen LogP contribution in [0.2, 0.25) is 0 Å². The van der Waals surface area contributed by atoms with Crippen LogP contribution in [0.5, 0.6) is 0 Å². The molecule has 2 aromatic rings. The molecule has 1 atom stereocenters. The highest BCUT2D eigenvalue weighted by Gasteiger charge is 2.32. The summed E-state index contributed by atoms with van der Waals surface area (Å²) in [7, 11) is 0. The van der Waals surface area contributed by atoms with E-state index in [1.807, 2.05) is 46.7 Å². The van der Waals surface area contributed by atoms with Crippen LogP contribution in [0.3, 0.4) is 0 Å². The molecule has 2 N–H and O–H groups in total. The van der Waals surface area contributed by atoms with Crippen molar-refractivity contribution in [2.75, 3.05) is 0 Å². The third kappa shape index (κ3) is 2.08. The van der Waals surface area contributed by atoms with E-state index in [2.05, 4.69) is 10.2 Å². The second kappa shape index (κ2) is 5.05. The molecule has 6 nitrogen and oxygen atoms in total. The first-order valence-electron chi connectivity index (χ1n) is 6.66. The Morgan fingerprint density at radius 2 is 2.05 bits per heavy atom. The lowest BCUT2D eigenvalue weighted by molar-refractivity contribution is -0.137. The molecule has 20 heavy (non-hydrogen) atoms. The van der Waals surface area contributed by atoms with Gasteiger partial charge >= 0.3 is 0 Å². The largest absolute Gasteiger partial charge is 0.329 e. The first kappa shape index (κ1) is 12.8. The topological polar surface area (TPSA) is 77.0 Å². The number of carbonyl (C=O) groups is 1. The van der Waals surface area contributed by atoms with Crippen LogP contribution in [0, 0.1) is 0 Å². The Morgan fingerprint density at radius 3 is 2.75 bits per heavy atom. The van der Waals surface area contributed by atoms with E-state index in [0.29, 0.717) is 25.5 Å². The standard InChI is InChI=1S/C14H17N5O/c1-10-14(20)18(8-11-5-3-2-4-6-11)9-13-17-16-12(7-15)19(10)13/h2-6,10H,7-9,15H2,1H3/t10-/m1/s1. The van der Waals surface area contributed by atoms with E-state index in [-0.39, 0.29) is 11.9 Å². The minimum Gasteiger partial charge on any atom is -0.329 e. The van der Waals surface area contributed by atoms with Crippen molar-refractivity contribution in [1.82, 2.24) is 19.7 Å². The Kier molecular flexibility index (Phi) is 3.23. The molecule has 1 aliphatic rings. The molecule has 0 saturated carbocycles. The second-order valence-electron chi connectivity index (χ2n) is 4.96. The second-order valence-corrected chi connectivity index (χ2v) is 4.96. The maximum atomic E-state index is 12.5. The zero-order valence-electron chi connectivity index (χ0n) is 11.4. The fraction of sp³-hybridized carbons (Fsp3) is 0.357. The number of hydrogen-bond donors (Lipinski definition) is 1. The fourth-order valence-corrected chi connectivity index (χ4v) is 2.62. The van der Waals surface area contributed by atoms with Crippen LogP contribution in [-0.2, 0) is 24.4 Å².